The lowest BCUT2D eigenvalue weighted by molar-refractivity contribution is -0.116. The summed E-state index contributed by atoms with van der Waals surface area (Å²) in [4.78, 5) is 13.7. The molecule has 0 radical (unpaired) electrons. The molecule has 1 aromatic rings. The number of amides is 1. The molecule has 3 rings (SSSR count). The fourth-order valence-corrected chi connectivity index (χ4v) is 2.79. The van der Waals surface area contributed by atoms with Crippen molar-refractivity contribution in [3.05, 3.63) is 22.7 Å². The van der Waals surface area contributed by atoms with Crippen molar-refractivity contribution in [2.24, 2.45) is 5.73 Å². The second-order valence-corrected chi connectivity index (χ2v) is 5.41. The third kappa shape index (κ3) is 2.18. The summed E-state index contributed by atoms with van der Waals surface area (Å²) in [7, 11) is 0. The predicted molar refractivity (Wildman–Crippen MR) is 74.5 cm³/mol. The number of halogens is 1. The van der Waals surface area contributed by atoms with Gasteiger partial charge < -0.3 is 21.1 Å². The quantitative estimate of drug-likeness (QED) is 0.776. The van der Waals surface area contributed by atoms with Crippen molar-refractivity contribution >= 4 is 28.9 Å². The molecule has 0 spiro atoms. The van der Waals surface area contributed by atoms with Crippen LogP contribution in [-0.4, -0.2) is 30.2 Å². The van der Waals surface area contributed by atoms with Gasteiger partial charge in [-0.1, -0.05) is 11.6 Å². The maximum atomic E-state index is 11.6. The molecule has 6 heteroatoms. The van der Waals surface area contributed by atoms with Gasteiger partial charge in [0.15, 0.2) is 0 Å². The van der Waals surface area contributed by atoms with Gasteiger partial charge in [-0.2, -0.15) is 0 Å². The van der Waals surface area contributed by atoms with Crippen molar-refractivity contribution in [2.45, 2.75) is 24.9 Å². The van der Waals surface area contributed by atoms with Crippen molar-refractivity contribution in [2.75, 3.05) is 23.4 Å². The van der Waals surface area contributed by atoms with Crippen molar-refractivity contribution in [3.63, 3.8) is 0 Å². The monoisotopic (exact) mass is 281 g/mol. The van der Waals surface area contributed by atoms with Gasteiger partial charge in [0.1, 0.15) is 6.04 Å². The summed E-state index contributed by atoms with van der Waals surface area (Å²) in [6.07, 6.45) is 2.22. The maximum Gasteiger partial charge on any atom is 0.245 e. The van der Waals surface area contributed by atoms with Gasteiger partial charge in [-0.15, -0.1) is 0 Å². The second-order valence-electron chi connectivity index (χ2n) is 5.01. The SMILES string of the molecule is NC1C(=O)Nc2cc(N(CCO)C3CC3)c(Cl)cc21. The minimum absolute atomic E-state index is 0.0792. The lowest BCUT2D eigenvalue weighted by Crippen LogP contribution is -2.29. The van der Waals surface area contributed by atoms with Crippen LogP contribution in [0.2, 0.25) is 5.02 Å². The standard InChI is InChI=1S/C13H16ClN3O2/c14-9-5-8-10(16-13(19)12(8)15)6-11(9)17(3-4-18)7-1-2-7/h5-7,12,18H,1-4,15H2,(H,16,19). The molecule has 1 saturated carbocycles. The first-order valence-electron chi connectivity index (χ1n) is 6.39. The highest BCUT2D eigenvalue weighted by Gasteiger charge is 2.33. The van der Waals surface area contributed by atoms with Gasteiger partial charge in [-0.05, 0) is 25.0 Å². The van der Waals surface area contributed by atoms with Crippen LogP contribution in [0.3, 0.4) is 0 Å². The summed E-state index contributed by atoms with van der Waals surface area (Å²) in [6.45, 7) is 0.624. The van der Waals surface area contributed by atoms with Crippen molar-refractivity contribution < 1.29 is 9.90 Å². The van der Waals surface area contributed by atoms with E-state index in [0.717, 1.165) is 29.8 Å². The van der Waals surface area contributed by atoms with E-state index in [-0.39, 0.29) is 12.5 Å². The van der Waals surface area contributed by atoms with E-state index in [0.29, 0.717) is 17.6 Å². The number of aliphatic hydroxyl groups excluding tert-OH is 1. The van der Waals surface area contributed by atoms with Crippen LogP contribution in [0, 0.1) is 0 Å². The summed E-state index contributed by atoms with van der Waals surface area (Å²) >= 11 is 6.31. The Kier molecular flexibility index (Phi) is 3.12. The van der Waals surface area contributed by atoms with Crippen LogP contribution in [0.1, 0.15) is 24.4 Å². The number of rotatable bonds is 4. The summed E-state index contributed by atoms with van der Waals surface area (Å²) in [5.74, 6) is -0.205. The molecule has 19 heavy (non-hydrogen) atoms. The molecule has 0 saturated heterocycles. The molecule has 1 fully saturated rings. The van der Waals surface area contributed by atoms with Gasteiger partial charge >= 0.3 is 0 Å². The zero-order chi connectivity index (χ0) is 13.6. The Morgan fingerprint density at radius 3 is 2.84 bits per heavy atom. The summed E-state index contributed by atoms with van der Waals surface area (Å²) in [6, 6.07) is 3.40. The largest absolute Gasteiger partial charge is 0.395 e. The fourth-order valence-electron chi connectivity index (χ4n) is 2.51. The molecule has 1 atom stereocenters. The fraction of sp³-hybridized carbons (Fsp3) is 0.462. The van der Waals surface area contributed by atoms with E-state index in [9.17, 15) is 4.79 Å². The number of nitrogens with one attached hydrogen (secondary N) is 1. The molecule has 5 nitrogen and oxygen atoms in total. The zero-order valence-electron chi connectivity index (χ0n) is 10.4. The number of nitrogens with two attached hydrogens (primary N) is 1. The highest BCUT2D eigenvalue weighted by atomic mass is 35.5. The first-order valence-corrected chi connectivity index (χ1v) is 6.77. The Morgan fingerprint density at radius 2 is 2.21 bits per heavy atom. The van der Waals surface area contributed by atoms with Crippen molar-refractivity contribution in [1.82, 2.24) is 0 Å². The lowest BCUT2D eigenvalue weighted by Gasteiger charge is -2.25. The Bertz CT molecular complexity index is 531. The normalized spacial score (nSPS) is 21.2. The van der Waals surface area contributed by atoms with E-state index in [4.69, 9.17) is 22.4 Å². The molecule has 1 amide bonds. The minimum Gasteiger partial charge on any atom is -0.395 e. The molecule has 1 aliphatic carbocycles. The van der Waals surface area contributed by atoms with E-state index in [1.807, 2.05) is 6.07 Å². The maximum absolute atomic E-state index is 11.6. The Hall–Kier alpha value is -1.30. The second kappa shape index (κ2) is 4.67. The van der Waals surface area contributed by atoms with Crippen LogP contribution < -0.4 is 16.0 Å². The summed E-state index contributed by atoms with van der Waals surface area (Å²) in [5.41, 5.74) is 8.10. The van der Waals surface area contributed by atoms with E-state index < -0.39 is 6.04 Å². The van der Waals surface area contributed by atoms with Crippen LogP contribution >= 0.6 is 11.6 Å². The van der Waals surface area contributed by atoms with Crippen molar-refractivity contribution in [1.29, 1.82) is 0 Å². The molecular weight excluding hydrogens is 266 g/mol. The highest BCUT2D eigenvalue weighted by Crippen LogP contribution is 2.41. The van der Waals surface area contributed by atoms with Gasteiger partial charge in [0.2, 0.25) is 5.91 Å². The minimum atomic E-state index is -0.645. The smallest absolute Gasteiger partial charge is 0.245 e. The molecule has 0 bridgehead atoms. The molecule has 1 heterocycles. The topological polar surface area (TPSA) is 78.6 Å². The number of nitrogens with zero attached hydrogens (tertiary/aromatic N) is 1. The first-order chi connectivity index (χ1) is 9.11. The van der Waals surface area contributed by atoms with Crippen molar-refractivity contribution in [3.8, 4) is 0 Å². The van der Waals surface area contributed by atoms with E-state index >= 15 is 0 Å². The molecule has 1 aromatic carbocycles. The van der Waals surface area contributed by atoms with Gasteiger partial charge in [-0.25, -0.2) is 0 Å². The average Bonchev–Trinajstić information content (AvgIpc) is 3.17. The van der Waals surface area contributed by atoms with Crippen LogP contribution in [0.4, 0.5) is 11.4 Å². The third-order valence-corrected chi connectivity index (χ3v) is 3.94. The molecule has 102 valence electrons. The van der Waals surface area contributed by atoms with Gasteiger partial charge in [-0.3, -0.25) is 4.79 Å². The molecule has 0 aromatic heterocycles. The number of aliphatic hydroxyl groups is 1. The van der Waals surface area contributed by atoms with E-state index in [1.165, 1.54) is 0 Å². The summed E-state index contributed by atoms with van der Waals surface area (Å²) in [5, 5.41) is 12.5. The van der Waals surface area contributed by atoms with Crippen LogP contribution in [-0.2, 0) is 4.79 Å². The Labute approximate surface area is 116 Å². The van der Waals surface area contributed by atoms with Gasteiger partial charge in [0.25, 0.3) is 0 Å². The van der Waals surface area contributed by atoms with Gasteiger partial charge in [0.05, 0.1) is 17.3 Å². The zero-order valence-corrected chi connectivity index (χ0v) is 11.2. The number of fused-ring (bicyclic) bond motifs is 1. The van der Waals surface area contributed by atoms with E-state index in [1.54, 1.807) is 6.07 Å². The highest BCUT2D eigenvalue weighted by molar-refractivity contribution is 6.33. The molecule has 1 aliphatic heterocycles. The van der Waals surface area contributed by atoms with Crippen LogP contribution in [0.5, 0.6) is 0 Å². The Balaban J connectivity index is 1.99. The number of anilines is 2. The molecular formula is C13H16ClN3O2. The summed E-state index contributed by atoms with van der Waals surface area (Å²) < 4.78 is 0. The lowest BCUT2D eigenvalue weighted by atomic mass is 10.1. The van der Waals surface area contributed by atoms with Crippen LogP contribution in [0.15, 0.2) is 12.1 Å². The van der Waals surface area contributed by atoms with Crippen LogP contribution in [0.25, 0.3) is 0 Å². The molecule has 1 unspecified atom stereocenters. The average molecular weight is 282 g/mol. The first kappa shape index (κ1) is 12.7. The van der Waals surface area contributed by atoms with Gasteiger partial charge in [0, 0.05) is 23.8 Å². The number of hydrogen-bond acceptors (Lipinski definition) is 4. The third-order valence-electron chi connectivity index (χ3n) is 3.63. The van der Waals surface area contributed by atoms with E-state index in [2.05, 4.69) is 10.2 Å². The number of carbonyl (C=O) groups is 1. The molecule has 2 aliphatic rings. The predicted octanol–water partition coefficient (Wildman–Crippen LogP) is 1.25. The Morgan fingerprint density at radius 1 is 1.47 bits per heavy atom. The molecule has 4 N–H and O–H groups in total. The number of hydrogen-bond donors (Lipinski definition) is 3. The number of benzene rings is 1. The number of carbonyl (C=O) groups excluding carboxylic acids is 1.